The van der Waals surface area contributed by atoms with E-state index in [2.05, 4.69) is 18.7 Å². The molecule has 2 aliphatic carbocycles. The van der Waals surface area contributed by atoms with Gasteiger partial charge in [-0.2, -0.15) is 0 Å². The van der Waals surface area contributed by atoms with Crippen molar-refractivity contribution < 1.29 is 19.1 Å². The van der Waals surface area contributed by atoms with E-state index in [0.29, 0.717) is 32.1 Å². The van der Waals surface area contributed by atoms with Crippen molar-refractivity contribution in [2.24, 2.45) is 17.8 Å². The van der Waals surface area contributed by atoms with E-state index in [9.17, 15) is 14.4 Å². The van der Waals surface area contributed by atoms with Crippen molar-refractivity contribution in [2.75, 3.05) is 7.11 Å². The fraction of sp³-hybridized carbons (Fsp3) is 0.464. The Balaban J connectivity index is 1.67. The van der Waals surface area contributed by atoms with Gasteiger partial charge in [0, 0.05) is 37.0 Å². The summed E-state index contributed by atoms with van der Waals surface area (Å²) in [5, 5.41) is 0. The van der Waals surface area contributed by atoms with Crippen molar-refractivity contribution >= 4 is 17.3 Å². The molecule has 3 unspecified atom stereocenters. The van der Waals surface area contributed by atoms with E-state index in [-0.39, 0.29) is 35.6 Å². The number of ether oxygens (including phenoxy) is 1. The van der Waals surface area contributed by atoms with Gasteiger partial charge in [-0.25, -0.2) is 0 Å². The van der Waals surface area contributed by atoms with Gasteiger partial charge in [0.25, 0.3) is 0 Å². The van der Waals surface area contributed by atoms with Crippen LogP contribution in [0, 0.1) is 17.8 Å². The molecule has 0 saturated heterocycles. The number of Topliss-reactive ketones (excluding diaryl/α,β-unsaturated/α-hetero) is 3. The van der Waals surface area contributed by atoms with Gasteiger partial charge in [0.1, 0.15) is 23.1 Å². The van der Waals surface area contributed by atoms with Crippen molar-refractivity contribution in [1.29, 1.82) is 0 Å². The van der Waals surface area contributed by atoms with Gasteiger partial charge in [-0.05, 0) is 56.2 Å². The number of aryl methyl sites for hydroxylation is 1. The molecule has 1 aromatic rings. The van der Waals surface area contributed by atoms with Gasteiger partial charge in [0.05, 0.1) is 7.11 Å². The molecule has 0 bridgehead atoms. The van der Waals surface area contributed by atoms with Crippen LogP contribution < -0.4 is 4.74 Å². The van der Waals surface area contributed by atoms with Crippen LogP contribution in [0.25, 0.3) is 0 Å². The highest BCUT2D eigenvalue weighted by atomic mass is 16.5. The molecule has 0 heterocycles. The summed E-state index contributed by atoms with van der Waals surface area (Å²) < 4.78 is 5.20. The van der Waals surface area contributed by atoms with Gasteiger partial charge in [-0.3, -0.25) is 14.4 Å². The summed E-state index contributed by atoms with van der Waals surface area (Å²) in [5.74, 6) is -0.0143. The molecule has 2 aliphatic rings. The molecular weight excluding hydrogens is 400 g/mol. The van der Waals surface area contributed by atoms with Crippen molar-refractivity contribution in [1.82, 2.24) is 0 Å². The third-order valence-corrected chi connectivity index (χ3v) is 6.75. The maximum absolute atomic E-state index is 13.4. The Morgan fingerprint density at radius 1 is 1.12 bits per heavy atom. The zero-order valence-corrected chi connectivity index (χ0v) is 19.1. The first kappa shape index (κ1) is 23.9. The van der Waals surface area contributed by atoms with Gasteiger partial charge in [0.2, 0.25) is 0 Å². The quantitative estimate of drug-likeness (QED) is 0.401. The van der Waals surface area contributed by atoms with Gasteiger partial charge < -0.3 is 4.74 Å². The normalized spacial score (nSPS) is 22.7. The Hall–Kier alpha value is -2.75. The number of benzene rings is 1. The fourth-order valence-electron chi connectivity index (χ4n) is 4.83. The fourth-order valence-corrected chi connectivity index (χ4v) is 4.83. The smallest absolute Gasteiger partial charge is 0.140 e. The lowest BCUT2D eigenvalue weighted by Crippen LogP contribution is -2.42. The minimum atomic E-state index is -0.482. The van der Waals surface area contributed by atoms with Crippen LogP contribution in [0.15, 0.2) is 60.7 Å². The monoisotopic (exact) mass is 434 g/mol. The Morgan fingerprint density at radius 2 is 1.91 bits per heavy atom. The molecule has 170 valence electrons. The predicted molar refractivity (Wildman–Crippen MR) is 127 cm³/mol. The standard InChI is InChI=1S/C28H34O4/c1-3-4-9-23(29)19-26-25(17-13-20-7-5-6-8-20)27(30)18-22(28(26)31)14-10-21-11-15-24(32-2)16-12-21/h3,5-7,11-12,15-16,22,25-26H,1,4,8-10,13-14,17-19H2,2H3. The molecule has 1 fully saturated rings. The van der Waals surface area contributed by atoms with Crippen LogP contribution in [0.2, 0.25) is 0 Å². The van der Waals surface area contributed by atoms with Crippen LogP contribution in [-0.2, 0) is 20.8 Å². The molecule has 0 aliphatic heterocycles. The number of ketones is 3. The van der Waals surface area contributed by atoms with E-state index in [1.165, 1.54) is 5.57 Å². The van der Waals surface area contributed by atoms with E-state index in [0.717, 1.165) is 30.6 Å². The highest BCUT2D eigenvalue weighted by Gasteiger charge is 2.43. The van der Waals surface area contributed by atoms with E-state index in [4.69, 9.17) is 4.74 Å². The second-order valence-electron chi connectivity index (χ2n) is 8.94. The molecule has 1 aromatic carbocycles. The minimum absolute atomic E-state index is 0.0543. The lowest BCUT2D eigenvalue weighted by molar-refractivity contribution is -0.144. The molecule has 3 rings (SSSR count). The lowest BCUT2D eigenvalue weighted by atomic mass is 9.67. The second-order valence-corrected chi connectivity index (χ2v) is 8.94. The number of allylic oxidation sites excluding steroid dienone is 5. The minimum Gasteiger partial charge on any atom is -0.497 e. The molecule has 1 saturated carbocycles. The van der Waals surface area contributed by atoms with E-state index in [1.54, 1.807) is 13.2 Å². The number of rotatable bonds is 12. The van der Waals surface area contributed by atoms with Crippen molar-refractivity contribution in [3.8, 4) is 5.75 Å². The van der Waals surface area contributed by atoms with Crippen LogP contribution >= 0.6 is 0 Å². The van der Waals surface area contributed by atoms with Crippen LogP contribution in [0.3, 0.4) is 0 Å². The number of carbonyl (C=O) groups excluding carboxylic acids is 3. The maximum Gasteiger partial charge on any atom is 0.140 e. The Morgan fingerprint density at radius 3 is 2.56 bits per heavy atom. The summed E-state index contributed by atoms with van der Waals surface area (Å²) in [5.41, 5.74) is 2.41. The molecule has 4 heteroatoms. The summed E-state index contributed by atoms with van der Waals surface area (Å²) in [6.07, 6.45) is 13.2. The van der Waals surface area contributed by atoms with Crippen LogP contribution in [0.4, 0.5) is 0 Å². The predicted octanol–water partition coefficient (Wildman–Crippen LogP) is 5.61. The second kappa shape index (κ2) is 11.8. The van der Waals surface area contributed by atoms with Gasteiger partial charge in [-0.1, -0.05) is 42.0 Å². The molecule has 3 atom stereocenters. The third-order valence-electron chi connectivity index (χ3n) is 6.75. The molecule has 32 heavy (non-hydrogen) atoms. The zero-order valence-electron chi connectivity index (χ0n) is 19.1. The van der Waals surface area contributed by atoms with Crippen molar-refractivity contribution in [2.45, 2.75) is 57.8 Å². The molecule has 4 nitrogen and oxygen atoms in total. The highest BCUT2D eigenvalue weighted by Crippen LogP contribution is 2.37. The summed E-state index contributed by atoms with van der Waals surface area (Å²) in [4.78, 5) is 39.1. The largest absolute Gasteiger partial charge is 0.497 e. The maximum atomic E-state index is 13.4. The number of methoxy groups -OCH3 is 1. The first-order valence-electron chi connectivity index (χ1n) is 11.7. The van der Waals surface area contributed by atoms with Crippen LogP contribution in [0.1, 0.15) is 56.9 Å². The Labute approximate surface area is 191 Å². The topological polar surface area (TPSA) is 60.4 Å². The van der Waals surface area contributed by atoms with E-state index >= 15 is 0 Å². The summed E-state index contributed by atoms with van der Waals surface area (Å²) in [6, 6.07) is 7.81. The van der Waals surface area contributed by atoms with E-state index < -0.39 is 5.92 Å². The summed E-state index contributed by atoms with van der Waals surface area (Å²) >= 11 is 0. The third kappa shape index (κ3) is 6.38. The first-order valence-corrected chi connectivity index (χ1v) is 11.7. The zero-order chi connectivity index (χ0) is 22.9. The van der Waals surface area contributed by atoms with E-state index in [1.807, 2.05) is 30.3 Å². The molecular formula is C28H34O4. The van der Waals surface area contributed by atoms with Gasteiger partial charge >= 0.3 is 0 Å². The van der Waals surface area contributed by atoms with Crippen LogP contribution in [0.5, 0.6) is 5.75 Å². The van der Waals surface area contributed by atoms with Gasteiger partial charge in [-0.15, -0.1) is 6.58 Å². The molecule has 0 spiro atoms. The SMILES string of the molecule is C=CCCC(=O)CC1C(=O)C(CCc2ccc(OC)cc2)CC(=O)C1CCC1=CC=CC1. The highest BCUT2D eigenvalue weighted by molar-refractivity contribution is 6.00. The number of hydrogen-bond donors (Lipinski definition) is 0. The lowest BCUT2D eigenvalue weighted by Gasteiger charge is -2.34. The molecule has 0 N–H and O–H groups in total. The number of hydrogen-bond acceptors (Lipinski definition) is 4. The average molecular weight is 435 g/mol. The van der Waals surface area contributed by atoms with Crippen molar-refractivity contribution in [3.05, 3.63) is 66.3 Å². The molecule has 0 radical (unpaired) electrons. The Kier molecular flexibility index (Phi) is 8.78. The summed E-state index contributed by atoms with van der Waals surface area (Å²) in [7, 11) is 1.63. The molecule has 0 amide bonds. The molecule has 0 aromatic heterocycles. The Bertz CT molecular complexity index is 891. The van der Waals surface area contributed by atoms with Crippen LogP contribution in [-0.4, -0.2) is 24.5 Å². The summed E-state index contributed by atoms with van der Waals surface area (Å²) in [6.45, 7) is 3.68. The van der Waals surface area contributed by atoms with Gasteiger partial charge in [0.15, 0.2) is 0 Å². The number of carbonyl (C=O) groups is 3. The first-order chi connectivity index (χ1) is 15.5. The van der Waals surface area contributed by atoms with Crippen molar-refractivity contribution in [3.63, 3.8) is 0 Å². The average Bonchev–Trinajstić information content (AvgIpc) is 3.32.